The number of hydrogen-bond donors (Lipinski definition) is 2. The summed E-state index contributed by atoms with van der Waals surface area (Å²) < 4.78 is 7.63. The van der Waals surface area contributed by atoms with Crippen molar-refractivity contribution in [1.82, 2.24) is 20.1 Å². The van der Waals surface area contributed by atoms with E-state index in [1.165, 1.54) is 12.8 Å². The molecular formula is C13H22N4O2. The van der Waals surface area contributed by atoms with Crippen LogP contribution in [-0.4, -0.2) is 44.7 Å². The summed E-state index contributed by atoms with van der Waals surface area (Å²) in [5, 5.41) is 22.2. The van der Waals surface area contributed by atoms with Crippen LogP contribution in [0.3, 0.4) is 0 Å². The van der Waals surface area contributed by atoms with E-state index in [1.807, 2.05) is 6.92 Å². The molecular weight excluding hydrogens is 244 g/mol. The number of aromatic nitrogens is 3. The number of nitrogens with one attached hydrogen (secondary N) is 1. The maximum Gasteiger partial charge on any atom is 0.147 e. The Morgan fingerprint density at radius 2 is 2.37 bits per heavy atom. The van der Waals surface area contributed by atoms with Gasteiger partial charge in [-0.15, -0.1) is 10.2 Å². The topological polar surface area (TPSA) is 72.2 Å². The second-order valence-corrected chi connectivity index (χ2v) is 5.61. The van der Waals surface area contributed by atoms with Crippen molar-refractivity contribution in [3.05, 3.63) is 11.6 Å². The Hall–Kier alpha value is -0.980. The van der Waals surface area contributed by atoms with Crippen LogP contribution in [0.15, 0.2) is 0 Å². The SMILES string of the molecule is CC1OCCC1(O)CNCc1nnc2n1CCCC2. The lowest BCUT2D eigenvalue weighted by atomic mass is 9.97. The smallest absolute Gasteiger partial charge is 0.147 e. The standard InChI is InChI=1S/C13H22N4O2/c1-10-13(18,5-7-19-10)9-14-8-12-16-15-11-4-2-3-6-17(11)12/h10,14,18H,2-9H2,1H3. The third-order valence-corrected chi connectivity index (χ3v) is 4.31. The van der Waals surface area contributed by atoms with Crippen molar-refractivity contribution in [2.24, 2.45) is 0 Å². The van der Waals surface area contributed by atoms with Crippen LogP contribution in [0.25, 0.3) is 0 Å². The van der Waals surface area contributed by atoms with Crippen molar-refractivity contribution < 1.29 is 9.84 Å². The molecule has 0 radical (unpaired) electrons. The van der Waals surface area contributed by atoms with Crippen LogP contribution in [-0.2, 0) is 24.2 Å². The molecule has 2 aliphatic rings. The Balaban J connectivity index is 1.56. The molecule has 3 heterocycles. The predicted molar refractivity (Wildman–Crippen MR) is 69.6 cm³/mol. The van der Waals surface area contributed by atoms with E-state index in [2.05, 4.69) is 20.1 Å². The summed E-state index contributed by atoms with van der Waals surface area (Å²) in [7, 11) is 0. The zero-order valence-corrected chi connectivity index (χ0v) is 11.4. The third kappa shape index (κ3) is 2.52. The Labute approximate surface area is 113 Å². The average Bonchev–Trinajstić information content (AvgIpc) is 2.96. The van der Waals surface area contributed by atoms with Gasteiger partial charge in [-0.1, -0.05) is 0 Å². The van der Waals surface area contributed by atoms with Crippen LogP contribution in [0.2, 0.25) is 0 Å². The number of hydrogen-bond acceptors (Lipinski definition) is 5. The van der Waals surface area contributed by atoms with E-state index in [0.29, 0.717) is 26.1 Å². The lowest BCUT2D eigenvalue weighted by molar-refractivity contribution is -0.0264. The largest absolute Gasteiger partial charge is 0.386 e. The molecule has 2 aliphatic heterocycles. The molecule has 2 unspecified atom stereocenters. The van der Waals surface area contributed by atoms with Crippen molar-refractivity contribution >= 4 is 0 Å². The van der Waals surface area contributed by atoms with Crippen LogP contribution in [0.1, 0.15) is 37.8 Å². The van der Waals surface area contributed by atoms with Gasteiger partial charge in [0.1, 0.15) is 17.2 Å². The van der Waals surface area contributed by atoms with Gasteiger partial charge in [0.05, 0.1) is 12.6 Å². The molecule has 3 rings (SSSR count). The van der Waals surface area contributed by atoms with Gasteiger partial charge in [-0.2, -0.15) is 0 Å². The minimum absolute atomic E-state index is 0.104. The first-order valence-corrected chi connectivity index (χ1v) is 7.15. The van der Waals surface area contributed by atoms with E-state index in [4.69, 9.17) is 4.74 Å². The summed E-state index contributed by atoms with van der Waals surface area (Å²) in [6.07, 6.45) is 4.03. The molecule has 2 N–H and O–H groups in total. The second-order valence-electron chi connectivity index (χ2n) is 5.61. The van der Waals surface area contributed by atoms with Gasteiger partial charge in [-0.05, 0) is 19.8 Å². The van der Waals surface area contributed by atoms with E-state index in [1.54, 1.807) is 0 Å². The van der Waals surface area contributed by atoms with Gasteiger partial charge < -0.3 is 19.7 Å². The fraction of sp³-hybridized carbons (Fsp3) is 0.846. The Kier molecular flexibility index (Phi) is 3.56. The van der Waals surface area contributed by atoms with Crippen LogP contribution in [0.4, 0.5) is 0 Å². The number of aliphatic hydroxyl groups is 1. The van der Waals surface area contributed by atoms with Gasteiger partial charge >= 0.3 is 0 Å². The van der Waals surface area contributed by atoms with Crippen molar-refractivity contribution in [3.8, 4) is 0 Å². The number of rotatable bonds is 4. The van der Waals surface area contributed by atoms with Crippen molar-refractivity contribution in [3.63, 3.8) is 0 Å². The van der Waals surface area contributed by atoms with E-state index >= 15 is 0 Å². The lowest BCUT2D eigenvalue weighted by Gasteiger charge is -2.26. The molecule has 2 atom stereocenters. The van der Waals surface area contributed by atoms with E-state index in [0.717, 1.165) is 24.6 Å². The average molecular weight is 266 g/mol. The second kappa shape index (κ2) is 5.19. The van der Waals surface area contributed by atoms with E-state index in [9.17, 15) is 5.11 Å². The summed E-state index contributed by atoms with van der Waals surface area (Å²) in [6, 6.07) is 0. The maximum absolute atomic E-state index is 10.4. The van der Waals surface area contributed by atoms with Crippen molar-refractivity contribution in [2.75, 3.05) is 13.2 Å². The first-order chi connectivity index (χ1) is 9.19. The molecule has 0 aromatic carbocycles. The van der Waals surface area contributed by atoms with E-state index in [-0.39, 0.29) is 6.10 Å². The fourth-order valence-corrected chi connectivity index (χ4v) is 2.89. The summed E-state index contributed by atoms with van der Waals surface area (Å²) in [6.45, 7) is 4.77. The predicted octanol–water partition coefficient (Wildman–Crippen LogP) is 0.244. The molecule has 1 aromatic rings. The fourth-order valence-electron chi connectivity index (χ4n) is 2.89. The molecule has 0 amide bonds. The third-order valence-electron chi connectivity index (χ3n) is 4.31. The lowest BCUT2D eigenvalue weighted by Crippen LogP contribution is -2.45. The molecule has 19 heavy (non-hydrogen) atoms. The van der Waals surface area contributed by atoms with Gasteiger partial charge in [0.15, 0.2) is 0 Å². The van der Waals surface area contributed by atoms with Crippen molar-refractivity contribution in [1.29, 1.82) is 0 Å². The summed E-state index contributed by atoms with van der Waals surface area (Å²) in [5.41, 5.74) is -0.745. The molecule has 106 valence electrons. The van der Waals surface area contributed by atoms with Crippen LogP contribution < -0.4 is 5.32 Å². The first kappa shape index (κ1) is 13.0. The van der Waals surface area contributed by atoms with Crippen LogP contribution in [0, 0.1) is 0 Å². The summed E-state index contributed by atoms with van der Waals surface area (Å²) in [4.78, 5) is 0. The summed E-state index contributed by atoms with van der Waals surface area (Å²) in [5.74, 6) is 2.07. The molecule has 0 bridgehead atoms. The maximum atomic E-state index is 10.4. The molecule has 0 aliphatic carbocycles. The Bertz CT molecular complexity index is 448. The molecule has 6 nitrogen and oxygen atoms in total. The van der Waals surface area contributed by atoms with Gasteiger partial charge in [0, 0.05) is 32.5 Å². The Morgan fingerprint density at radius 3 is 3.16 bits per heavy atom. The highest BCUT2D eigenvalue weighted by molar-refractivity contribution is 4.99. The minimum Gasteiger partial charge on any atom is -0.386 e. The quantitative estimate of drug-likeness (QED) is 0.817. The normalized spacial score (nSPS) is 30.5. The highest BCUT2D eigenvalue weighted by Crippen LogP contribution is 2.24. The number of aryl methyl sites for hydroxylation is 1. The number of ether oxygens (including phenoxy) is 1. The summed E-state index contributed by atoms with van der Waals surface area (Å²) >= 11 is 0. The van der Waals surface area contributed by atoms with Crippen LogP contribution >= 0.6 is 0 Å². The Morgan fingerprint density at radius 1 is 1.47 bits per heavy atom. The van der Waals surface area contributed by atoms with Gasteiger partial charge in [0.2, 0.25) is 0 Å². The molecule has 0 saturated carbocycles. The minimum atomic E-state index is -0.745. The van der Waals surface area contributed by atoms with Gasteiger partial charge in [-0.25, -0.2) is 0 Å². The highest BCUT2D eigenvalue weighted by Gasteiger charge is 2.39. The van der Waals surface area contributed by atoms with Crippen LogP contribution in [0.5, 0.6) is 0 Å². The molecule has 6 heteroatoms. The monoisotopic (exact) mass is 266 g/mol. The zero-order valence-electron chi connectivity index (χ0n) is 11.4. The van der Waals surface area contributed by atoms with Gasteiger partial charge in [0.25, 0.3) is 0 Å². The molecule has 0 spiro atoms. The van der Waals surface area contributed by atoms with E-state index < -0.39 is 5.60 Å². The molecule has 1 saturated heterocycles. The number of fused-ring (bicyclic) bond motifs is 1. The zero-order chi connectivity index (χ0) is 13.3. The highest BCUT2D eigenvalue weighted by atomic mass is 16.5. The molecule has 1 aromatic heterocycles. The number of nitrogens with zero attached hydrogens (tertiary/aromatic N) is 3. The first-order valence-electron chi connectivity index (χ1n) is 7.15. The van der Waals surface area contributed by atoms with Crippen molar-refractivity contribution in [2.45, 2.75) is 57.4 Å². The van der Waals surface area contributed by atoms with Gasteiger partial charge in [-0.3, -0.25) is 0 Å². The molecule has 1 fully saturated rings.